The first kappa shape index (κ1) is 16.0. The van der Waals surface area contributed by atoms with E-state index in [-0.39, 0.29) is 29.9 Å². The fourth-order valence-electron chi connectivity index (χ4n) is 3.60. The number of rotatable bonds is 0. The Hall–Kier alpha value is -3.16. The summed E-state index contributed by atoms with van der Waals surface area (Å²) in [6.07, 6.45) is 4.68. The Balaban J connectivity index is 1.60. The van der Waals surface area contributed by atoms with Crippen molar-refractivity contribution >= 4 is 17.4 Å². The van der Waals surface area contributed by atoms with Crippen molar-refractivity contribution in [2.45, 2.75) is 38.0 Å². The van der Waals surface area contributed by atoms with Gasteiger partial charge in [0.05, 0.1) is 12.2 Å². The minimum absolute atomic E-state index is 0.00205. The molecular weight excluding hydrogens is 349 g/mol. The lowest BCUT2D eigenvalue weighted by Crippen LogP contribution is -2.49. The average Bonchev–Trinajstić information content (AvgIpc) is 3.03. The first-order valence-corrected chi connectivity index (χ1v) is 8.95. The van der Waals surface area contributed by atoms with Gasteiger partial charge in [-0.3, -0.25) is 4.79 Å². The minimum atomic E-state index is -0.313. The van der Waals surface area contributed by atoms with Crippen molar-refractivity contribution in [3.63, 3.8) is 0 Å². The third kappa shape index (κ3) is 2.77. The maximum absolute atomic E-state index is 13.9. The molecule has 0 spiro atoms. The number of halogens is 1. The fourth-order valence-corrected chi connectivity index (χ4v) is 3.60. The summed E-state index contributed by atoms with van der Waals surface area (Å²) in [7, 11) is 0. The van der Waals surface area contributed by atoms with Crippen LogP contribution >= 0.6 is 0 Å². The number of anilines is 1. The Morgan fingerprint density at radius 2 is 2.11 bits per heavy atom. The molecule has 2 N–H and O–H groups in total. The summed E-state index contributed by atoms with van der Waals surface area (Å²) in [6, 6.07) is 6.12. The number of nitrogens with one attached hydrogen (secondary N) is 2. The summed E-state index contributed by atoms with van der Waals surface area (Å²) >= 11 is 0. The molecule has 0 saturated heterocycles. The standard InChI is InChI=1S/C19H18FN5O2/c1-10-14-6-11(20)2-3-16(14)27-13-7-12(8-13)23-19(26)15-9-21-25-5-4-17(22-10)24-18(15)25/h2-6,9-10,12-13H,7-8H2,1H3,(H,22,24)(H,23,26)/t10-,12-,13-/m1/s1. The number of amides is 1. The minimum Gasteiger partial charge on any atom is -0.490 e. The number of aromatic nitrogens is 3. The lowest BCUT2D eigenvalue weighted by atomic mass is 9.88. The van der Waals surface area contributed by atoms with Gasteiger partial charge in [-0.2, -0.15) is 5.10 Å². The molecule has 0 radical (unpaired) electrons. The third-order valence-corrected chi connectivity index (χ3v) is 5.14. The highest BCUT2D eigenvalue weighted by Gasteiger charge is 2.34. The third-order valence-electron chi connectivity index (χ3n) is 5.14. The molecule has 1 aromatic carbocycles. The van der Waals surface area contributed by atoms with Crippen molar-refractivity contribution in [3.8, 4) is 5.75 Å². The molecule has 3 aliphatic rings. The normalized spacial score (nSPS) is 24.2. The molecule has 138 valence electrons. The van der Waals surface area contributed by atoms with Crippen LogP contribution < -0.4 is 15.4 Å². The van der Waals surface area contributed by atoms with Crippen LogP contribution in [0.4, 0.5) is 10.2 Å². The number of carbonyl (C=O) groups excluding carboxylic acids is 1. The van der Waals surface area contributed by atoms with Crippen LogP contribution in [0.3, 0.4) is 0 Å². The van der Waals surface area contributed by atoms with Gasteiger partial charge in [0.25, 0.3) is 5.91 Å². The van der Waals surface area contributed by atoms with Gasteiger partial charge in [0.2, 0.25) is 0 Å². The molecule has 6 rings (SSSR count). The van der Waals surface area contributed by atoms with Crippen LogP contribution in [-0.4, -0.2) is 32.7 Å². The van der Waals surface area contributed by atoms with Gasteiger partial charge in [0, 0.05) is 30.6 Å². The van der Waals surface area contributed by atoms with Crippen molar-refractivity contribution in [2.75, 3.05) is 5.32 Å². The van der Waals surface area contributed by atoms with E-state index in [4.69, 9.17) is 4.74 Å². The van der Waals surface area contributed by atoms with Crippen LogP contribution in [0.25, 0.3) is 5.65 Å². The number of fused-ring (bicyclic) bond motifs is 2. The fraction of sp³-hybridized carbons (Fsp3) is 0.316. The van der Waals surface area contributed by atoms with Gasteiger partial charge in [-0.05, 0) is 31.2 Å². The summed E-state index contributed by atoms with van der Waals surface area (Å²) < 4.78 is 21.5. The number of nitrogens with zero attached hydrogens (tertiary/aromatic N) is 3. The van der Waals surface area contributed by atoms with Gasteiger partial charge in [-0.25, -0.2) is 13.9 Å². The van der Waals surface area contributed by atoms with Crippen molar-refractivity contribution in [1.29, 1.82) is 0 Å². The van der Waals surface area contributed by atoms with Crippen molar-refractivity contribution in [2.24, 2.45) is 0 Å². The van der Waals surface area contributed by atoms with Crippen molar-refractivity contribution < 1.29 is 13.9 Å². The van der Waals surface area contributed by atoms with Crippen LogP contribution in [0.5, 0.6) is 5.75 Å². The molecule has 0 unspecified atom stereocenters. The number of benzene rings is 1. The number of ether oxygens (including phenoxy) is 1. The highest BCUT2D eigenvalue weighted by molar-refractivity contribution is 6.00. The molecular formula is C19H18FN5O2. The molecule has 8 heteroatoms. The van der Waals surface area contributed by atoms with Crippen LogP contribution in [0.15, 0.2) is 36.7 Å². The van der Waals surface area contributed by atoms with E-state index in [0.717, 1.165) is 5.56 Å². The SMILES string of the molecule is C[C@H]1Nc2ccn3ncc(c3n2)C(=O)N[C@H]2C[C@@H](C2)Oc2ccc(F)cc21. The highest BCUT2D eigenvalue weighted by atomic mass is 19.1. The van der Waals surface area contributed by atoms with Gasteiger partial charge >= 0.3 is 0 Å². The zero-order valence-electron chi connectivity index (χ0n) is 14.6. The Morgan fingerprint density at radius 3 is 2.96 bits per heavy atom. The van der Waals surface area contributed by atoms with E-state index in [1.165, 1.54) is 18.3 Å². The molecule has 1 fully saturated rings. The van der Waals surface area contributed by atoms with Crippen LogP contribution in [0.2, 0.25) is 0 Å². The molecule has 1 atom stereocenters. The number of carbonyl (C=O) groups is 1. The number of hydrogen-bond acceptors (Lipinski definition) is 5. The first-order chi connectivity index (χ1) is 13.1. The molecule has 1 amide bonds. The summed E-state index contributed by atoms with van der Waals surface area (Å²) in [5.41, 5.74) is 1.64. The topological polar surface area (TPSA) is 80.5 Å². The zero-order valence-corrected chi connectivity index (χ0v) is 14.6. The quantitative estimate of drug-likeness (QED) is 0.639. The Labute approximate surface area is 154 Å². The summed E-state index contributed by atoms with van der Waals surface area (Å²) in [5.74, 6) is 0.717. The lowest BCUT2D eigenvalue weighted by molar-refractivity contribution is 0.0695. The molecule has 7 nitrogen and oxygen atoms in total. The molecule has 27 heavy (non-hydrogen) atoms. The second kappa shape index (κ2) is 5.94. The average molecular weight is 367 g/mol. The van der Waals surface area contributed by atoms with Gasteiger partial charge in [-0.1, -0.05) is 0 Å². The molecule has 2 aliphatic heterocycles. The molecule has 4 bridgehead atoms. The number of hydrogen-bond donors (Lipinski definition) is 2. The second-order valence-electron chi connectivity index (χ2n) is 7.07. The van der Waals surface area contributed by atoms with Crippen molar-refractivity contribution in [1.82, 2.24) is 19.9 Å². The lowest BCUT2D eigenvalue weighted by Gasteiger charge is -2.36. The van der Waals surface area contributed by atoms with E-state index in [1.54, 1.807) is 22.8 Å². The largest absolute Gasteiger partial charge is 0.490 e. The maximum atomic E-state index is 13.9. The smallest absolute Gasteiger partial charge is 0.256 e. The van der Waals surface area contributed by atoms with Gasteiger partial charge < -0.3 is 15.4 Å². The molecule has 3 aromatic rings. The van der Waals surface area contributed by atoms with E-state index >= 15 is 0 Å². The predicted octanol–water partition coefficient (Wildman–Crippen LogP) is 2.69. The van der Waals surface area contributed by atoms with E-state index in [2.05, 4.69) is 20.7 Å². The Bertz CT molecular complexity index is 1040. The summed E-state index contributed by atoms with van der Waals surface area (Å²) in [4.78, 5) is 17.1. The second-order valence-corrected chi connectivity index (χ2v) is 7.07. The van der Waals surface area contributed by atoms with Crippen LogP contribution in [0, 0.1) is 5.82 Å². The molecule has 1 aliphatic carbocycles. The van der Waals surface area contributed by atoms with E-state index in [9.17, 15) is 9.18 Å². The summed E-state index contributed by atoms with van der Waals surface area (Å²) in [6.45, 7) is 1.92. The zero-order chi connectivity index (χ0) is 18.5. The maximum Gasteiger partial charge on any atom is 0.256 e. The molecule has 1 saturated carbocycles. The highest BCUT2D eigenvalue weighted by Crippen LogP contribution is 2.33. The van der Waals surface area contributed by atoms with Crippen LogP contribution in [0.1, 0.15) is 41.7 Å². The van der Waals surface area contributed by atoms with E-state index < -0.39 is 0 Å². The monoisotopic (exact) mass is 367 g/mol. The summed E-state index contributed by atoms with van der Waals surface area (Å²) in [5, 5.41) is 10.5. The Morgan fingerprint density at radius 1 is 1.26 bits per heavy atom. The first-order valence-electron chi connectivity index (χ1n) is 8.95. The van der Waals surface area contributed by atoms with Crippen LogP contribution in [-0.2, 0) is 0 Å². The molecule has 2 aromatic heterocycles. The molecule has 4 heterocycles. The van der Waals surface area contributed by atoms with E-state index in [0.29, 0.717) is 35.6 Å². The van der Waals surface area contributed by atoms with E-state index in [1.807, 2.05) is 6.92 Å². The predicted molar refractivity (Wildman–Crippen MR) is 96.3 cm³/mol. The van der Waals surface area contributed by atoms with Gasteiger partial charge in [0.15, 0.2) is 5.65 Å². The van der Waals surface area contributed by atoms with Gasteiger partial charge in [0.1, 0.15) is 29.1 Å². The Kier molecular flexibility index (Phi) is 3.53. The van der Waals surface area contributed by atoms with Crippen molar-refractivity contribution in [3.05, 3.63) is 53.6 Å². The van der Waals surface area contributed by atoms with Gasteiger partial charge in [-0.15, -0.1) is 0 Å².